The van der Waals surface area contributed by atoms with Crippen LogP contribution in [-0.4, -0.2) is 37.1 Å². The molecule has 8 nitrogen and oxygen atoms in total. The summed E-state index contributed by atoms with van der Waals surface area (Å²) >= 11 is 6.39. The van der Waals surface area contributed by atoms with E-state index in [1.54, 1.807) is 37.0 Å². The smallest absolute Gasteiger partial charge is 0.249 e. The number of benzene rings is 2. The predicted octanol–water partition coefficient (Wildman–Crippen LogP) is 4.44. The highest BCUT2D eigenvalue weighted by atomic mass is 35.5. The van der Waals surface area contributed by atoms with Gasteiger partial charge in [0.25, 0.3) is 0 Å². The zero-order valence-corrected chi connectivity index (χ0v) is 20.3. The highest BCUT2D eigenvalue weighted by Gasteiger charge is 2.21. The fourth-order valence-corrected chi connectivity index (χ4v) is 4.12. The van der Waals surface area contributed by atoms with Crippen molar-refractivity contribution in [2.24, 2.45) is 0 Å². The van der Waals surface area contributed by atoms with Gasteiger partial charge < -0.3 is 15.2 Å². The fourth-order valence-electron chi connectivity index (χ4n) is 3.86. The van der Waals surface area contributed by atoms with Crippen LogP contribution in [0, 0.1) is 12.7 Å². The Hall–Kier alpha value is -3.56. The van der Waals surface area contributed by atoms with Crippen molar-refractivity contribution in [1.82, 2.24) is 25.3 Å². The second kappa shape index (κ2) is 10.4. The average molecular weight is 498 g/mol. The third-order valence-corrected chi connectivity index (χ3v) is 6.00. The molecule has 2 atom stereocenters. The van der Waals surface area contributed by atoms with Gasteiger partial charge >= 0.3 is 0 Å². The number of nitrogens with one attached hydrogen (secondary N) is 1. The number of hydrogen-bond donors (Lipinski definition) is 2. The highest BCUT2D eigenvalue weighted by Crippen LogP contribution is 2.32. The first-order valence-corrected chi connectivity index (χ1v) is 11.5. The molecule has 4 aromatic rings. The molecule has 2 aromatic carbocycles. The van der Waals surface area contributed by atoms with E-state index in [0.29, 0.717) is 22.4 Å². The number of pyridine rings is 1. The monoisotopic (exact) mass is 497 g/mol. The number of aromatic nitrogens is 4. The van der Waals surface area contributed by atoms with Crippen molar-refractivity contribution in [2.45, 2.75) is 45.9 Å². The quantitative estimate of drug-likeness (QED) is 0.373. The van der Waals surface area contributed by atoms with Crippen molar-refractivity contribution in [1.29, 1.82) is 0 Å². The van der Waals surface area contributed by atoms with Crippen LogP contribution in [0.1, 0.15) is 43.1 Å². The molecule has 0 unspecified atom stereocenters. The fraction of sp³-hybridized carbons (Fsp3) is 0.280. The second-order valence-corrected chi connectivity index (χ2v) is 8.59. The first kappa shape index (κ1) is 24.6. The molecule has 0 spiro atoms. The van der Waals surface area contributed by atoms with Crippen LogP contribution in [0.2, 0.25) is 5.02 Å². The van der Waals surface area contributed by atoms with E-state index in [2.05, 4.69) is 20.6 Å². The van der Waals surface area contributed by atoms with E-state index in [4.69, 9.17) is 16.3 Å². The largest absolute Gasteiger partial charge is 0.487 e. The summed E-state index contributed by atoms with van der Waals surface area (Å²) in [5.74, 6) is -0.565. The molecule has 2 N–H and O–H groups in total. The lowest BCUT2D eigenvalue weighted by molar-refractivity contribution is -0.130. The van der Waals surface area contributed by atoms with Crippen molar-refractivity contribution in [3.63, 3.8) is 0 Å². The summed E-state index contributed by atoms with van der Waals surface area (Å²) in [6.07, 6.45) is 2.46. The van der Waals surface area contributed by atoms with Crippen LogP contribution >= 0.6 is 11.6 Å². The van der Waals surface area contributed by atoms with Gasteiger partial charge in [-0.25, -0.2) is 14.1 Å². The Kier molecular flexibility index (Phi) is 7.28. The Morgan fingerprint density at radius 3 is 2.83 bits per heavy atom. The Bertz CT molecular complexity index is 1360. The zero-order chi connectivity index (χ0) is 25.1. The van der Waals surface area contributed by atoms with Crippen LogP contribution in [-0.2, 0) is 11.4 Å². The number of ether oxygens (including phenoxy) is 1. The molecule has 1 amide bonds. The summed E-state index contributed by atoms with van der Waals surface area (Å²) in [4.78, 5) is 16.8. The predicted molar refractivity (Wildman–Crippen MR) is 130 cm³/mol. The van der Waals surface area contributed by atoms with Crippen LogP contribution in [0.15, 0.2) is 48.8 Å². The average Bonchev–Trinajstić information content (AvgIpc) is 3.37. The van der Waals surface area contributed by atoms with E-state index >= 15 is 0 Å². The topological polar surface area (TPSA) is 102 Å². The van der Waals surface area contributed by atoms with Crippen molar-refractivity contribution in [3.8, 4) is 11.4 Å². The molecule has 0 aliphatic heterocycles. The van der Waals surface area contributed by atoms with Gasteiger partial charge in [0, 0.05) is 16.6 Å². The number of halogens is 2. The number of hydrogen-bond acceptors (Lipinski definition) is 6. The van der Waals surface area contributed by atoms with Gasteiger partial charge in [-0.1, -0.05) is 35.9 Å². The number of carbonyl (C=O) groups excluding carboxylic acids is 1. The van der Waals surface area contributed by atoms with Crippen molar-refractivity contribution >= 4 is 28.4 Å². The Balaban J connectivity index is 1.67. The summed E-state index contributed by atoms with van der Waals surface area (Å²) in [6, 6.07) is 9.36. The molecular formula is C25H25ClFN5O3. The maximum absolute atomic E-state index is 14.2. The minimum atomic E-state index is -1.15. The van der Waals surface area contributed by atoms with Gasteiger partial charge in [-0.05, 0) is 50.1 Å². The Labute approximate surface area is 206 Å². The third-order valence-electron chi connectivity index (χ3n) is 5.66. The minimum absolute atomic E-state index is 0.0123. The van der Waals surface area contributed by atoms with Crippen molar-refractivity contribution < 1.29 is 19.0 Å². The molecule has 4 rings (SSSR count). The number of nitrogens with zero attached hydrogens (tertiary/aromatic N) is 4. The third kappa shape index (κ3) is 5.26. The Morgan fingerprint density at radius 2 is 2.11 bits per heavy atom. The standard InChI is InChI=1S/C25H25ClFN5O3/c1-4-22(33)25(34)30-15(3)18-11-16(27)12-20(26)19(18)13-35-23-7-5-6-17-21(32-9-8-28-31-32)10-14(2)29-24(17)23/h5-12,15,22,33H,4,13H2,1-3H3,(H,30,34)/t15-,22+/m0/s1. The molecule has 2 aromatic heterocycles. The van der Waals surface area contributed by atoms with Gasteiger partial charge in [0.2, 0.25) is 5.91 Å². The van der Waals surface area contributed by atoms with Gasteiger partial charge in [-0.2, -0.15) is 0 Å². The molecule has 0 aliphatic carbocycles. The lowest BCUT2D eigenvalue weighted by Crippen LogP contribution is -2.36. The molecule has 10 heteroatoms. The van der Waals surface area contributed by atoms with Crippen LogP contribution in [0.3, 0.4) is 0 Å². The molecule has 0 aliphatic rings. The summed E-state index contributed by atoms with van der Waals surface area (Å²) in [5, 5.41) is 21.5. The van der Waals surface area contributed by atoms with E-state index in [0.717, 1.165) is 16.8 Å². The SMILES string of the molecule is CC[C@@H](O)C(=O)N[C@@H](C)c1cc(F)cc(Cl)c1COc1cccc2c(-n3ccnn3)cc(C)nc12. The molecule has 0 fully saturated rings. The van der Waals surface area contributed by atoms with Crippen LogP contribution < -0.4 is 10.1 Å². The molecular weight excluding hydrogens is 473 g/mol. The normalized spacial score (nSPS) is 13.0. The van der Waals surface area contributed by atoms with E-state index in [9.17, 15) is 14.3 Å². The zero-order valence-electron chi connectivity index (χ0n) is 19.5. The summed E-state index contributed by atoms with van der Waals surface area (Å²) < 4.78 is 22.0. The lowest BCUT2D eigenvalue weighted by atomic mass is 10.0. The number of aliphatic hydroxyl groups is 1. The molecule has 182 valence electrons. The van der Waals surface area contributed by atoms with Gasteiger partial charge in [0.05, 0.1) is 29.1 Å². The number of amides is 1. The lowest BCUT2D eigenvalue weighted by Gasteiger charge is -2.21. The molecule has 0 saturated heterocycles. The van der Waals surface area contributed by atoms with Crippen molar-refractivity contribution in [2.75, 3.05) is 0 Å². The number of para-hydroxylation sites is 1. The Morgan fingerprint density at radius 1 is 1.31 bits per heavy atom. The number of aryl methyl sites for hydroxylation is 1. The van der Waals surface area contributed by atoms with Gasteiger partial charge in [0.1, 0.15) is 29.8 Å². The summed E-state index contributed by atoms with van der Waals surface area (Å²) in [6.45, 7) is 5.28. The number of carbonyl (C=O) groups is 1. The van der Waals surface area contributed by atoms with Gasteiger partial charge in [-0.3, -0.25) is 4.79 Å². The van der Waals surface area contributed by atoms with E-state index in [1.807, 2.05) is 25.1 Å². The van der Waals surface area contributed by atoms with Crippen LogP contribution in [0.4, 0.5) is 4.39 Å². The van der Waals surface area contributed by atoms with Crippen LogP contribution in [0.25, 0.3) is 16.6 Å². The molecule has 2 heterocycles. The molecule has 0 bridgehead atoms. The van der Waals surface area contributed by atoms with Gasteiger partial charge in [0.15, 0.2) is 0 Å². The number of rotatable bonds is 8. The van der Waals surface area contributed by atoms with Crippen molar-refractivity contribution in [3.05, 3.63) is 76.5 Å². The minimum Gasteiger partial charge on any atom is -0.487 e. The maximum Gasteiger partial charge on any atom is 0.249 e. The van der Waals surface area contributed by atoms with E-state index in [1.165, 1.54) is 12.1 Å². The summed E-state index contributed by atoms with van der Waals surface area (Å²) in [5.41, 5.74) is 3.18. The molecule has 0 saturated carbocycles. The first-order chi connectivity index (χ1) is 16.8. The van der Waals surface area contributed by atoms with Gasteiger partial charge in [-0.15, -0.1) is 5.10 Å². The maximum atomic E-state index is 14.2. The van der Waals surface area contributed by atoms with Crippen LogP contribution in [0.5, 0.6) is 5.75 Å². The van der Waals surface area contributed by atoms with E-state index in [-0.39, 0.29) is 18.1 Å². The summed E-state index contributed by atoms with van der Waals surface area (Å²) in [7, 11) is 0. The second-order valence-electron chi connectivity index (χ2n) is 8.18. The number of fused-ring (bicyclic) bond motifs is 1. The highest BCUT2D eigenvalue weighted by molar-refractivity contribution is 6.31. The number of aliphatic hydroxyl groups excluding tert-OH is 1. The van der Waals surface area contributed by atoms with E-state index < -0.39 is 23.9 Å². The first-order valence-electron chi connectivity index (χ1n) is 11.1. The molecule has 35 heavy (non-hydrogen) atoms. The molecule has 0 radical (unpaired) electrons.